The fourth-order valence-electron chi connectivity index (χ4n) is 1.61. The first kappa shape index (κ1) is 20.1. The van der Waals surface area contributed by atoms with Crippen LogP contribution in [0.1, 0.15) is 18.1 Å². The van der Waals surface area contributed by atoms with E-state index in [0.717, 1.165) is 12.1 Å². The summed E-state index contributed by atoms with van der Waals surface area (Å²) in [5.41, 5.74) is -0.356. The molecule has 1 rings (SSSR count). The van der Waals surface area contributed by atoms with Crippen molar-refractivity contribution in [3.05, 3.63) is 34.3 Å². The predicted molar refractivity (Wildman–Crippen MR) is 64.6 cm³/mol. The van der Waals surface area contributed by atoms with Gasteiger partial charge in [0.25, 0.3) is 0 Å². The van der Waals surface area contributed by atoms with Crippen LogP contribution in [0.4, 0.5) is 39.5 Å². The van der Waals surface area contributed by atoms with Gasteiger partial charge >= 0.3 is 23.9 Å². The molecule has 0 bridgehead atoms. The highest BCUT2D eigenvalue weighted by Crippen LogP contribution is 2.55. The minimum absolute atomic E-state index is 0.254. The Morgan fingerprint density at radius 3 is 1.87 bits per heavy atom. The Morgan fingerprint density at radius 2 is 1.43 bits per heavy atom. The summed E-state index contributed by atoms with van der Waals surface area (Å²) >= 11 is 2.89. The lowest BCUT2D eigenvalue weighted by atomic mass is 9.95. The van der Waals surface area contributed by atoms with Crippen LogP contribution < -0.4 is 0 Å². The van der Waals surface area contributed by atoms with Gasteiger partial charge in [0.05, 0.1) is 6.10 Å². The molecule has 11 heteroatoms. The lowest BCUT2D eigenvalue weighted by Crippen LogP contribution is -2.61. The zero-order chi connectivity index (χ0) is 18.3. The summed E-state index contributed by atoms with van der Waals surface area (Å²) in [6.07, 6.45) is -11.6. The maximum Gasteiger partial charge on any atom is 0.460 e. The summed E-state index contributed by atoms with van der Waals surface area (Å²) in [6, 6.07) is 4.66. The van der Waals surface area contributed by atoms with Gasteiger partial charge in [0.1, 0.15) is 0 Å². The fraction of sp³-hybridized carbons (Fsp3) is 0.500. The van der Waals surface area contributed by atoms with Gasteiger partial charge in [0, 0.05) is 10.9 Å². The first-order valence-electron chi connectivity index (χ1n) is 5.77. The summed E-state index contributed by atoms with van der Waals surface area (Å²) in [4.78, 5) is 0. The minimum atomic E-state index is -6.96. The van der Waals surface area contributed by atoms with Crippen LogP contribution in [0.5, 0.6) is 0 Å². The van der Waals surface area contributed by atoms with Crippen molar-refractivity contribution in [3.63, 3.8) is 0 Å². The van der Waals surface area contributed by atoms with Crippen molar-refractivity contribution in [1.82, 2.24) is 0 Å². The van der Waals surface area contributed by atoms with Gasteiger partial charge in [-0.1, -0.05) is 28.1 Å². The van der Waals surface area contributed by atoms with Gasteiger partial charge in [0.2, 0.25) is 0 Å². The third-order valence-corrected chi connectivity index (χ3v) is 3.39. The smallest absolute Gasteiger partial charge is 0.388 e. The first-order chi connectivity index (χ1) is 10.1. The molecule has 0 spiro atoms. The van der Waals surface area contributed by atoms with E-state index in [9.17, 15) is 44.6 Å². The Hall–Kier alpha value is -0.970. The van der Waals surface area contributed by atoms with E-state index >= 15 is 0 Å². The number of halogens is 10. The number of hydrogen-bond acceptors (Lipinski definition) is 1. The fourth-order valence-corrected chi connectivity index (χ4v) is 2.03. The van der Waals surface area contributed by atoms with Crippen molar-refractivity contribution in [3.8, 4) is 0 Å². The van der Waals surface area contributed by atoms with Gasteiger partial charge < -0.3 is 5.11 Å². The normalized spacial score (nSPS) is 15.6. The van der Waals surface area contributed by atoms with Crippen LogP contribution >= 0.6 is 15.9 Å². The Kier molecular flexibility index (Phi) is 5.37. The molecule has 0 amide bonds. The van der Waals surface area contributed by atoms with Gasteiger partial charge in [-0.25, -0.2) is 0 Å². The molecular formula is C12H8BrF9O. The summed E-state index contributed by atoms with van der Waals surface area (Å²) in [7, 11) is 0. The average Bonchev–Trinajstić information content (AvgIpc) is 2.36. The Labute approximate surface area is 132 Å². The van der Waals surface area contributed by atoms with Gasteiger partial charge in [-0.15, -0.1) is 0 Å². The lowest BCUT2D eigenvalue weighted by Gasteiger charge is -2.34. The molecule has 0 radical (unpaired) electrons. The van der Waals surface area contributed by atoms with Crippen molar-refractivity contribution in [1.29, 1.82) is 0 Å². The molecule has 0 aliphatic rings. The zero-order valence-electron chi connectivity index (χ0n) is 10.8. The highest BCUT2D eigenvalue weighted by molar-refractivity contribution is 9.10. The van der Waals surface area contributed by atoms with Crippen LogP contribution in [0.2, 0.25) is 0 Å². The Bertz CT molecular complexity index is 556. The van der Waals surface area contributed by atoms with Crippen LogP contribution in [-0.2, 0) is 0 Å². The molecular weight excluding hydrogens is 411 g/mol. The molecule has 0 fully saturated rings. The highest BCUT2D eigenvalue weighted by atomic mass is 79.9. The van der Waals surface area contributed by atoms with Crippen molar-refractivity contribution in [2.24, 2.45) is 0 Å². The second kappa shape index (κ2) is 6.15. The molecule has 0 heterocycles. The largest absolute Gasteiger partial charge is 0.460 e. The summed E-state index contributed by atoms with van der Waals surface area (Å²) < 4.78 is 114. The van der Waals surface area contributed by atoms with E-state index in [-0.39, 0.29) is 10.0 Å². The standard InChI is InChI=1S/C12H8BrF9O/c13-7-3-1-2-6(4-7)8(23)5-9(14,15)10(16,17)11(18,19)12(20,21)22/h1-4,8,23H,5H2. The maximum atomic E-state index is 13.4. The molecule has 1 unspecified atom stereocenters. The van der Waals surface area contributed by atoms with E-state index in [4.69, 9.17) is 0 Å². The molecule has 1 N–H and O–H groups in total. The van der Waals surface area contributed by atoms with Crippen LogP contribution in [-0.4, -0.2) is 29.1 Å². The summed E-state index contributed by atoms with van der Waals surface area (Å²) in [5.74, 6) is -19.5. The second-order valence-corrected chi connectivity index (χ2v) is 5.54. The van der Waals surface area contributed by atoms with Gasteiger partial charge in [-0.2, -0.15) is 39.5 Å². The molecule has 1 aromatic carbocycles. The molecule has 1 nitrogen and oxygen atoms in total. The zero-order valence-corrected chi connectivity index (χ0v) is 12.4. The number of hydrogen-bond donors (Lipinski definition) is 1. The van der Waals surface area contributed by atoms with Crippen LogP contribution in [0.3, 0.4) is 0 Å². The molecule has 1 aromatic rings. The molecule has 0 aliphatic carbocycles. The summed E-state index contributed by atoms with van der Waals surface area (Å²) in [5, 5.41) is 9.45. The van der Waals surface area contributed by atoms with Crippen molar-refractivity contribution in [2.45, 2.75) is 36.5 Å². The van der Waals surface area contributed by atoms with Crippen molar-refractivity contribution in [2.75, 3.05) is 0 Å². The second-order valence-electron chi connectivity index (χ2n) is 4.63. The van der Waals surface area contributed by atoms with Crippen LogP contribution in [0.25, 0.3) is 0 Å². The van der Waals surface area contributed by atoms with E-state index in [1.165, 1.54) is 12.1 Å². The van der Waals surface area contributed by atoms with Crippen molar-refractivity contribution < 1.29 is 44.6 Å². The molecule has 1 atom stereocenters. The molecule has 23 heavy (non-hydrogen) atoms. The average molecular weight is 419 g/mol. The van der Waals surface area contributed by atoms with E-state index in [2.05, 4.69) is 15.9 Å². The van der Waals surface area contributed by atoms with E-state index in [1.807, 2.05) is 0 Å². The summed E-state index contributed by atoms with van der Waals surface area (Å²) in [6.45, 7) is 0. The molecule has 0 aromatic heterocycles. The van der Waals surface area contributed by atoms with Crippen LogP contribution in [0.15, 0.2) is 28.7 Å². The lowest BCUT2D eigenvalue weighted by molar-refractivity contribution is -0.398. The van der Waals surface area contributed by atoms with Gasteiger partial charge in [-0.3, -0.25) is 0 Å². The SMILES string of the molecule is OC(CC(F)(F)C(F)(F)C(F)(F)C(F)(F)F)c1cccc(Br)c1. The minimum Gasteiger partial charge on any atom is -0.388 e. The predicted octanol–water partition coefficient (Wildman–Crippen LogP) is 5.34. The number of rotatable bonds is 5. The van der Waals surface area contributed by atoms with Crippen LogP contribution in [0, 0.1) is 0 Å². The molecule has 0 saturated heterocycles. The molecule has 0 saturated carbocycles. The van der Waals surface area contributed by atoms with E-state index in [1.54, 1.807) is 0 Å². The Balaban J connectivity index is 3.10. The third kappa shape index (κ3) is 3.76. The number of alkyl halides is 9. The van der Waals surface area contributed by atoms with Gasteiger partial charge in [-0.05, 0) is 17.7 Å². The van der Waals surface area contributed by atoms with E-state index < -0.39 is 36.5 Å². The monoisotopic (exact) mass is 418 g/mol. The first-order valence-corrected chi connectivity index (χ1v) is 6.56. The quantitative estimate of drug-likeness (QED) is 0.639. The van der Waals surface area contributed by atoms with E-state index in [0.29, 0.717) is 0 Å². The topological polar surface area (TPSA) is 20.2 Å². The number of benzene rings is 1. The van der Waals surface area contributed by atoms with Crippen molar-refractivity contribution >= 4 is 15.9 Å². The highest BCUT2D eigenvalue weighted by Gasteiger charge is 2.81. The molecule has 0 aliphatic heterocycles. The maximum absolute atomic E-state index is 13.4. The van der Waals surface area contributed by atoms with Gasteiger partial charge in [0.15, 0.2) is 0 Å². The number of aliphatic hydroxyl groups is 1. The third-order valence-electron chi connectivity index (χ3n) is 2.89. The Morgan fingerprint density at radius 1 is 0.913 bits per heavy atom. The molecule has 132 valence electrons. The number of aliphatic hydroxyl groups excluding tert-OH is 1.